The van der Waals surface area contributed by atoms with Crippen LogP contribution in [0.1, 0.15) is 52.9 Å². The molecule has 1 N–H and O–H groups in total. The van der Waals surface area contributed by atoms with Gasteiger partial charge in [0.2, 0.25) is 0 Å². The number of halogens is 1. The van der Waals surface area contributed by atoms with Gasteiger partial charge in [-0.1, -0.05) is 20.8 Å². The van der Waals surface area contributed by atoms with Gasteiger partial charge in [0.15, 0.2) is 0 Å². The van der Waals surface area contributed by atoms with Crippen LogP contribution in [-0.2, 0) is 0 Å². The zero-order valence-electron chi connectivity index (χ0n) is 13.0. The number of nitrogens with zero attached hydrogens (tertiary/aromatic N) is 1. The highest BCUT2D eigenvalue weighted by molar-refractivity contribution is 4.90. The molecule has 1 heterocycles. The maximum Gasteiger partial charge on any atom is 0.123 e. The second-order valence-corrected chi connectivity index (χ2v) is 7.89. The van der Waals surface area contributed by atoms with Gasteiger partial charge < -0.3 is 5.32 Å². The van der Waals surface area contributed by atoms with Gasteiger partial charge in [-0.25, -0.2) is 4.39 Å². The van der Waals surface area contributed by atoms with E-state index in [1.54, 1.807) is 0 Å². The molecule has 0 aromatic carbocycles. The lowest BCUT2D eigenvalue weighted by molar-refractivity contribution is 0.0298. The second-order valence-electron chi connectivity index (χ2n) is 7.89. The van der Waals surface area contributed by atoms with E-state index >= 15 is 0 Å². The quantitative estimate of drug-likeness (QED) is 0.847. The predicted octanol–water partition coefficient (Wildman–Crippen LogP) is 3.23. The van der Waals surface area contributed by atoms with Gasteiger partial charge in [0, 0.05) is 32.7 Å². The van der Waals surface area contributed by atoms with Crippen molar-refractivity contribution in [1.29, 1.82) is 0 Å². The summed E-state index contributed by atoms with van der Waals surface area (Å²) in [5.74, 6) is 0.742. The van der Waals surface area contributed by atoms with Crippen molar-refractivity contribution in [2.75, 3.05) is 32.7 Å². The third kappa shape index (κ3) is 5.03. The third-order valence-corrected chi connectivity index (χ3v) is 4.62. The first kappa shape index (κ1) is 15.2. The van der Waals surface area contributed by atoms with Crippen molar-refractivity contribution in [1.82, 2.24) is 10.2 Å². The van der Waals surface area contributed by atoms with E-state index < -0.39 is 5.67 Å². The first-order valence-corrected chi connectivity index (χ1v) is 7.98. The van der Waals surface area contributed by atoms with Crippen LogP contribution in [0.4, 0.5) is 4.39 Å². The molecule has 0 aromatic heterocycles. The van der Waals surface area contributed by atoms with Crippen LogP contribution in [-0.4, -0.2) is 43.3 Å². The third-order valence-electron chi connectivity index (χ3n) is 4.62. The SMILES string of the molecule is CC(C)(C)CC1CCC(F)(CN2CCNCC2)CC1. The van der Waals surface area contributed by atoms with Crippen LogP contribution in [0.3, 0.4) is 0 Å². The number of alkyl halides is 1. The zero-order valence-corrected chi connectivity index (χ0v) is 13.0. The molecule has 1 saturated carbocycles. The van der Waals surface area contributed by atoms with Crippen LogP contribution in [0.2, 0.25) is 0 Å². The fraction of sp³-hybridized carbons (Fsp3) is 1.00. The summed E-state index contributed by atoms with van der Waals surface area (Å²) in [5.41, 5.74) is -0.523. The average molecular weight is 270 g/mol. The molecule has 2 fully saturated rings. The van der Waals surface area contributed by atoms with Crippen molar-refractivity contribution in [3.8, 4) is 0 Å². The van der Waals surface area contributed by atoms with Crippen LogP contribution < -0.4 is 5.32 Å². The van der Waals surface area contributed by atoms with Gasteiger partial charge in [-0.3, -0.25) is 4.90 Å². The average Bonchev–Trinajstić information content (AvgIpc) is 2.32. The molecule has 0 atom stereocenters. The lowest BCUT2D eigenvalue weighted by Gasteiger charge is -2.40. The Morgan fingerprint density at radius 1 is 1.16 bits per heavy atom. The monoisotopic (exact) mass is 270 g/mol. The molecule has 0 bridgehead atoms. The van der Waals surface area contributed by atoms with Gasteiger partial charge in [0.25, 0.3) is 0 Å². The van der Waals surface area contributed by atoms with E-state index in [4.69, 9.17) is 0 Å². The largest absolute Gasteiger partial charge is 0.314 e. The molecule has 2 rings (SSSR count). The molecule has 112 valence electrons. The van der Waals surface area contributed by atoms with E-state index in [0.29, 0.717) is 12.0 Å². The molecule has 0 spiro atoms. The summed E-state index contributed by atoms with van der Waals surface area (Å²) in [6.07, 6.45) is 4.96. The van der Waals surface area contributed by atoms with Gasteiger partial charge >= 0.3 is 0 Å². The molecule has 0 unspecified atom stereocenters. The molecule has 1 aliphatic heterocycles. The molecule has 3 heteroatoms. The summed E-state index contributed by atoms with van der Waals surface area (Å²) in [5, 5.41) is 3.33. The van der Waals surface area contributed by atoms with Crippen LogP contribution in [0.5, 0.6) is 0 Å². The Kier molecular flexibility index (Phi) is 4.88. The van der Waals surface area contributed by atoms with Crippen molar-refractivity contribution in [3.05, 3.63) is 0 Å². The minimum atomic E-state index is -0.911. The van der Waals surface area contributed by atoms with E-state index in [2.05, 4.69) is 31.0 Å². The summed E-state index contributed by atoms with van der Waals surface area (Å²) < 4.78 is 14.9. The maximum absolute atomic E-state index is 14.9. The first-order chi connectivity index (χ1) is 8.86. The topological polar surface area (TPSA) is 15.3 Å². The number of piperazine rings is 1. The molecule has 0 radical (unpaired) electrons. The van der Waals surface area contributed by atoms with E-state index in [1.807, 2.05) is 0 Å². The molecule has 0 aromatic rings. The molecular weight excluding hydrogens is 239 g/mol. The normalized spacial score (nSPS) is 34.4. The van der Waals surface area contributed by atoms with Crippen molar-refractivity contribution in [3.63, 3.8) is 0 Å². The maximum atomic E-state index is 14.9. The Hall–Kier alpha value is -0.150. The Morgan fingerprint density at radius 2 is 1.74 bits per heavy atom. The smallest absolute Gasteiger partial charge is 0.123 e. The Bertz CT molecular complexity index is 271. The zero-order chi connectivity index (χ0) is 13.9. The molecular formula is C16H31FN2. The van der Waals surface area contributed by atoms with Gasteiger partial charge in [0.05, 0.1) is 0 Å². The number of hydrogen-bond acceptors (Lipinski definition) is 2. The minimum Gasteiger partial charge on any atom is -0.314 e. The van der Waals surface area contributed by atoms with Gasteiger partial charge in [0.1, 0.15) is 5.67 Å². The van der Waals surface area contributed by atoms with E-state index in [1.165, 1.54) is 6.42 Å². The van der Waals surface area contributed by atoms with Crippen molar-refractivity contribution in [2.45, 2.75) is 58.5 Å². The van der Waals surface area contributed by atoms with Crippen LogP contribution in [0.25, 0.3) is 0 Å². The summed E-state index contributed by atoms with van der Waals surface area (Å²) in [6, 6.07) is 0. The first-order valence-electron chi connectivity index (χ1n) is 7.98. The highest BCUT2D eigenvalue weighted by atomic mass is 19.1. The van der Waals surface area contributed by atoms with Crippen LogP contribution in [0, 0.1) is 11.3 Å². The van der Waals surface area contributed by atoms with Gasteiger partial charge in [-0.15, -0.1) is 0 Å². The highest BCUT2D eigenvalue weighted by Crippen LogP contribution is 2.40. The Morgan fingerprint density at radius 3 is 2.26 bits per heavy atom. The van der Waals surface area contributed by atoms with Crippen molar-refractivity contribution >= 4 is 0 Å². The lowest BCUT2D eigenvalue weighted by atomic mass is 9.73. The summed E-state index contributed by atoms with van der Waals surface area (Å²) in [7, 11) is 0. The standard InChI is InChI=1S/C16H31FN2/c1-15(2,3)12-14-4-6-16(17,7-5-14)13-19-10-8-18-9-11-19/h14,18H,4-13H2,1-3H3. The summed E-state index contributed by atoms with van der Waals surface area (Å²) >= 11 is 0. The van der Waals surface area contributed by atoms with E-state index in [9.17, 15) is 4.39 Å². The highest BCUT2D eigenvalue weighted by Gasteiger charge is 2.37. The molecule has 1 saturated heterocycles. The Labute approximate surface area is 118 Å². The number of hydrogen-bond donors (Lipinski definition) is 1. The molecule has 0 amide bonds. The van der Waals surface area contributed by atoms with Gasteiger partial charge in [-0.05, 0) is 43.4 Å². The fourth-order valence-corrected chi connectivity index (χ4v) is 3.69. The minimum absolute atomic E-state index is 0.388. The van der Waals surface area contributed by atoms with Crippen LogP contribution >= 0.6 is 0 Å². The summed E-state index contributed by atoms with van der Waals surface area (Å²) in [6.45, 7) is 11.6. The van der Waals surface area contributed by atoms with Gasteiger partial charge in [-0.2, -0.15) is 0 Å². The van der Waals surface area contributed by atoms with Crippen molar-refractivity contribution < 1.29 is 4.39 Å². The Balaban J connectivity index is 1.77. The van der Waals surface area contributed by atoms with Crippen molar-refractivity contribution in [2.24, 2.45) is 11.3 Å². The molecule has 19 heavy (non-hydrogen) atoms. The van der Waals surface area contributed by atoms with Crippen LogP contribution in [0.15, 0.2) is 0 Å². The molecule has 1 aliphatic carbocycles. The second kappa shape index (κ2) is 6.09. The fourth-order valence-electron chi connectivity index (χ4n) is 3.69. The number of nitrogens with one attached hydrogen (secondary N) is 1. The number of rotatable bonds is 3. The van der Waals surface area contributed by atoms with E-state index in [-0.39, 0.29) is 0 Å². The molecule has 2 nitrogen and oxygen atoms in total. The lowest BCUT2D eigenvalue weighted by Crippen LogP contribution is -2.50. The molecule has 2 aliphatic rings. The van der Waals surface area contributed by atoms with E-state index in [0.717, 1.165) is 57.8 Å². The summed E-state index contributed by atoms with van der Waals surface area (Å²) in [4.78, 5) is 2.31. The predicted molar refractivity (Wildman–Crippen MR) is 79.2 cm³/mol.